The molecule has 2 N–H and O–H groups in total. The molecular weight excluding hydrogens is 224 g/mol. The molecule has 16 heavy (non-hydrogen) atoms. The van der Waals surface area contributed by atoms with Gasteiger partial charge in [0.05, 0.1) is 5.60 Å². The van der Waals surface area contributed by atoms with Gasteiger partial charge in [0.25, 0.3) is 0 Å². The van der Waals surface area contributed by atoms with E-state index < -0.39 is 17.4 Å². The van der Waals surface area contributed by atoms with Gasteiger partial charge in [0.2, 0.25) is 0 Å². The smallest absolute Gasteiger partial charge is 0.355 e. The van der Waals surface area contributed by atoms with Crippen LogP contribution in [0.5, 0.6) is 0 Å². The van der Waals surface area contributed by atoms with Crippen LogP contribution in [0.3, 0.4) is 0 Å². The Labute approximate surface area is 92.3 Å². The molecule has 0 aromatic heterocycles. The van der Waals surface area contributed by atoms with Gasteiger partial charge in [-0.2, -0.15) is 9.78 Å². The summed E-state index contributed by atoms with van der Waals surface area (Å²) >= 11 is 0. The molecule has 0 radical (unpaired) electrons. The predicted molar refractivity (Wildman–Crippen MR) is 48.1 cm³/mol. The Hall–Kier alpha value is -0.770. The molecular formula is C8H16O8. The third-order valence-corrected chi connectivity index (χ3v) is 1.37. The molecule has 8 heteroatoms. The Morgan fingerprint density at radius 1 is 1.25 bits per heavy atom. The average Bonchev–Trinajstić information content (AvgIpc) is 2.15. The first kappa shape index (κ1) is 15.2. The fourth-order valence-electron chi connectivity index (χ4n) is 0.514. The van der Waals surface area contributed by atoms with Crippen molar-refractivity contribution in [3.05, 3.63) is 0 Å². The zero-order valence-electron chi connectivity index (χ0n) is 9.55. The van der Waals surface area contributed by atoms with E-state index in [9.17, 15) is 9.90 Å². The van der Waals surface area contributed by atoms with Crippen LogP contribution in [0.2, 0.25) is 0 Å². The zero-order valence-corrected chi connectivity index (χ0v) is 9.55. The number of rotatable bonds is 6. The Morgan fingerprint density at radius 3 is 2.19 bits per heavy atom. The first-order valence-electron chi connectivity index (χ1n) is 4.53. The highest BCUT2D eigenvalue weighted by atomic mass is 17.5. The molecule has 0 spiro atoms. The van der Waals surface area contributed by atoms with Crippen LogP contribution in [0.4, 0.5) is 0 Å². The number of carbonyl (C=O) groups excluding carboxylic acids is 1. The lowest BCUT2D eigenvalue weighted by molar-refractivity contribution is -0.560. The van der Waals surface area contributed by atoms with Crippen LogP contribution in [-0.4, -0.2) is 27.7 Å². The minimum absolute atomic E-state index is 0.231. The normalized spacial score (nSPS) is 15.6. The topological polar surface area (TPSA) is 104 Å². The van der Waals surface area contributed by atoms with Crippen LogP contribution in [-0.2, 0) is 29.5 Å². The molecule has 0 bridgehead atoms. The summed E-state index contributed by atoms with van der Waals surface area (Å²) in [5, 5.41) is 24.7. The second-order valence-electron chi connectivity index (χ2n) is 3.93. The minimum atomic E-state index is -2.46. The molecule has 0 amide bonds. The summed E-state index contributed by atoms with van der Waals surface area (Å²) in [5.74, 6) is -3.79. The molecule has 1 unspecified atom stereocenters. The molecule has 8 nitrogen and oxygen atoms in total. The van der Waals surface area contributed by atoms with Crippen LogP contribution in [0.1, 0.15) is 34.1 Å². The second kappa shape index (κ2) is 6.09. The van der Waals surface area contributed by atoms with Gasteiger partial charge in [0, 0.05) is 6.42 Å². The highest BCUT2D eigenvalue weighted by molar-refractivity contribution is 5.76. The highest BCUT2D eigenvalue weighted by Gasteiger charge is 2.41. The zero-order chi connectivity index (χ0) is 12.8. The van der Waals surface area contributed by atoms with Crippen LogP contribution in [0.25, 0.3) is 0 Å². The molecule has 0 saturated heterocycles. The van der Waals surface area contributed by atoms with E-state index in [1.54, 1.807) is 20.8 Å². The number of carbonyl (C=O) groups is 1. The number of aliphatic hydroxyl groups is 1. The van der Waals surface area contributed by atoms with Crippen molar-refractivity contribution < 1.29 is 39.9 Å². The lowest BCUT2D eigenvalue weighted by Gasteiger charge is -2.21. The van der Waals surface area contributed by atoms with E-state index in [0.29, 0.717) is 0 Å². The summed E-state index contributed by atoms with van der Waals surface area (Å²) < 4.78 is 0. The van der Waals surface area contributed by atoms with E-state index in [-0.39, 0.29) is 6.42 Å². The summed E-state index contributed by atoms with van der Waals surface area (Å²) in [6.45, 7) is 6.35. The number of hydrogen-bond donors (Lipinski definition) is 2. The van der Waals surface area contributed by atoms with Crippen molar-refractivity contribution >= 4 is 5.97 Å². The maximum Gasteiger partial charge on any atom is 0.407 e. The average molecular weight is 240 g/mol. The molecule has 0 fully saturated rings. The summed E-state index contributed by atoms with van der Waals surface area (Å²) in [6.07, 6.45) is -0.231. The van der Waals surface area contributed by atoms with Gasteiger partial charge in [-0.15, -0.1) is 0 Å². The van der Waals surface area contributed by atoms with Gasteiger partial charge in [-0.25, -0.2) is 10.1 Å². The third-order valence-electron chi connectivity index (χ3n) is 1.37. The van der Waals surface area contributed by atoms with E-state index in [1.807, 2.05) is 0 Å². The summed E-state index contributed by atoms with van der Waals surface area (Å²) in [4.78, 5) is 23.8. The fraction of sp³-hybridized carbons (Fsp3) is 0.875. The standard InChI is InChI=1S/C8H16O8/c1-5-8(10,14-15-11)6(9)12-16-13-7(2,3)4/h10-11H,5H2,1-4H3. The van der Waals surface area contributed by atoms with Crippen molar-refractivity contribution in [2.24, 2.45) is 0 Å². The van der Waals surface area contributed by atoms with Gasteiger partial charge in [-0.3, -0.25) is 4.89 Å². The summed E-state index contributed by atoms with van der Waals surface area (Å²) in [6, 6.07) is 0. The lowest BCUT2D eigenvalue weighted by Crippen LogP contribution is -2.42. The Balaban J connectivity index is 4.13. The summed E-state index contributed by atoms with van der Waals surface area (Å²) in [7, 11) is 0. The van der Waals surface area contributed by atoms with Gasteiger partial charge in [0.15, 0.2) is 0 Å². The van der Waals surface area contributed by atoms with Gasteiger partial charge < -0.3 is 5.11 Å². The van der Waals surface area contributed by atoms with Crippen LogP contribution < -0.4 is 0 Å². The Bertz CT molecular complexity index is 223. The lowest BCUT2D eigenvalue weighted by atomic mass is 10.2. The van der Waals surface area contributed by atoms with Gasteiger partial charge in [0.1, 0.15) is 0 Å². The van der Waals surface area contributed by atoms with Crippen molar-refractivity contribution in [1.29, 1.82) is 0 Å². The van der Waals surface area contributed by atoms with Gasteiger partial charge in [-0.05, 0) is 25.8 Å². The van der Waals surface area contributed by atoms with E-state index >= 15 is 0 Å². The Kier molecular flexibility index (Phi) is 5.79. The molecule has 0 heterocycles. The predicted octanol–water partition coefficient (Wildman–Crippen LogP) is 0.711. The van der Waals surface area contributed by atoms with Gasteiger partial charge >= 0.3 is 11.8 Å². The van der Waals surface area contributed by atoms with E-state index in [2.05, 4.69) is 24.7 Å². The maximum atomic E-state index is 11.2. The third kappa shape index (κ3) is 5.35. The van der Waals surface area contributed by atoms with Crippen molar-refractivity contribution in [3.63, 3.8) is 0 Å². The van der Waals surface area contributed by atoms with Crippen LogP contribution in [0, 0.1) is 0 Å². The highest BCUT2D eigenvalue weighted by Crippen LogP contribution is 2.15. The van der Waals surface area contributed by atoms with Crippen molar-refractivity contribution in [2.75, 3.05) is 0 Å². The molecule has 0 aliphatic carbocycles. The largest absolute Gasteiger partial charge is 0.407 e. The van der Waals surface area contributed by atoms with Crippen molar-refractivity contribution in [3.8, 4) is 0 Å². The molecule has 1 atom stereocenters. The SMILES string of the molecule is CCC(O)(OOO)C(=O)OOOC(C)(C)C. The number of hydrogen-bond acceptors (Lipinski definition) is 8. The minimum Gasteiger partial charge on any atom is -0.355 e. The van der Waals surface area contributed by atoms with Crippen molar-refractivity contribution in [2.45, 2.75) is 45.5 Å². The fourth-order valence-corrected chi connectivity index (χ4v) is 0.514. The molecule has 0 rings (SSSR count). The van der Waals surface area contributed by atoms with E-state index in [4.69, 9.17) is 5.26 Å². The maximum absolute atomic E-state index is 11.2. The van der Waals surface area contributed by atoms with E-state index in [0.717, 1.165) is 0 Å². The molecule has 96 valence electrons. The first-order chi connectivity index (χ1) is 7.25. The van der Waals surface area contributed by atoms with Crippen molar-refractivity contribution in [1.82, 2.24) is 0 Å². The Morgan fingerprint density at radius 2 is 1.81 bits per heavy atom. The quantitative estimate of drug-likeness (QED) is 0.397. The monoisotopic (exact) mass is 240 g/mol. The summed E-state index contributed by atoms with van der Waals surface area (Å²) in [5.41, 5.74) is -0.695. The molecule has 0 saturated carbocycles. The van der Waals surface area contributed by atoms with E-state index in [1.165, 1.54) is 6.92 Å². The van der Waals surface area contributed by atoms with Gasteiger partial charge in [-0.1, -0.05) is 12.0 Å². The van der Waals surface area contributed by atoms with Crippen LogP contribution >= 0.6 is 0 Å². The molecule has 0 aliphatic rings. The molecule has 0 aliphatic heterocycles. The molecule has 0 aromatic carbocycles. The second-order valence-corrected chi connectivity index (χ2v) is 3.93. The molecule has 0 aromatic rings. The first-order valence-corrected chi connectivity index (χ1v) is 4.53. The van der Waals surface area contributed by atoms with Crippen LogP contribution in [0.15, 0.2) is 0 Å².